The van der Waals surface area contributed by atoms with Gasteiger partial charge in [0.2, 0.25) is 0 Å². The van der Waals surface area contributed by atoms with Gasteiger partial charge < -0.3 is 10.7 Å². The summed E-state index contributed by atoms with van der Waals surface area (Å²) in [6.45, 7) is 0.662. The Kier molecular flexibility index (Phi) is 4.47. The van der Waals surface area contributed by atoms with Crippen molar-refractivity contribution < 1.29 is 0 Å². The second kappa shape index (κ2) is 6.10. The maximum atomic E-state index is 6.05. The van der Waals surface area contributed by atoms with Crippen LogP contribution in [0.4, 0.5) is 11.6 Å². The van der Waals surface area contributed by atoms with Crippen molar-refractivity contribution in [2.45, 2.75) is 6.42 Å². The highest BCUT2D eigenvalue weighted by Crippen LogP contribution is 2.28. The first-order valence-electron chi connectivity index (χ1n) is 5.65. The van der Waals surface area contributed by atoms with Crippen LogP contribution in [0.2, 0.25) is 10.0 Å². The van der Waals surface area contributed by atoms with Gasteiger partial charge in [0.25, 0.3) is 0 Å². The van der Waals surface area contributed by atoms with E-state index in [9.17, 15) is 0 Å². The number of hydrogen-bond donors (Lipinski definition) is 3. The van der Waals surface area contributed by atoms with Gasteiger partial charge in [-0.2, -0.15) is 5.10 Å². The van der Waals surface area contributed by atoms with Crippen LogP contribution in [0.1, 0.15) is 5.69 Å². The summed E-state index contributed by atoms with van der Waals surface area (Å²) in [4.78, 5) is 4.19. The molecule has 0 bridgehead atoms. The number of nitrogens with one attached hydrogen (secondary N) is 2. The molecule has 0 aliphatic carbocycles. The highest BCUT2D eigenvalue weighted by atomic mass is 35.5. The number of hydrazine groups is 1. The van der Waals surface area contributed by atoms with Crippen LogP contribution in [0, 0.1) is 0 Å². The lowest BCUT2D eigenvalue weighted by atomic mass is 10.3. The number of rotatable bonds is 5. The molecule has 8 heteroatoms. The number of pyridine rings is 1. The molecule has 102 valence electrons. The first kappa shape index (κ1) is 13.9. The van der Waals surface area contributed by atoms with Gasteiger partial charge in [-0.3, -0.25) is 4.68 Å². The van der Waals surface area contributed by atoms with E-state index in [0.717, 1.165) is 12.1 Å². The third kappa shape index (κ3) is 3.50. The van der Waals surface area contributed by atoms with Crippen molar-refractivity contribution in [3.8, 4) is 0 Å². The van der Waals surface area contributed by atoms with E-state index in [-0.39, 0.29) is 0 Å². The molecule has 0 atom stereocenters. The predicted molar refractivity (Wildman–Crippen MR) is 77.5 cm³/mol. The van der Waals surface area contributed by atoms with E-state index in [1.807, 2.05) is 19.3 Å². The molecule has 0 radical (unpaired) electrons. The van der Waals surface area contributed by atoms with Gasteiger partial charge in [0.05, 0.1) is 15.7 Å². The number of nitrogens with zero attached hydrogens (tertiary/aromatic N) is 3. The topological polar surface area (TPSA) is 80.8 Å². The number of halogens is 2. The minimum atomic E-state index is 0.378. The molecule has 0 amide bonds. The summed E-state index contributed by atoms with van der Waals surface area (Å²) >= 11 is 12.0. The molecule has 2 aromatic heterocycles. The summed E-state index contributed by atoms with van der Waals surface area (Å²) < 4.78 is 1.76. The van der Waals surface area contributed by atoms with Crippen LogP contribution < -0.4 is 16.6 Å². The van der Waals surface area contributed by atoms with Crippen molar-refractivity contribution >= 4 is 34.8 Å². The number of anilines is 2. The zero-order valence-corrected chi connectivity index (χ0v) is 11.8. The summed E-state index contributed by atoms with van der Waals surface area (Å²) in [6.07, 6.45) is 2.67. The van der Waals surface area contributed by atoms with Crippen molar-refractivity contribution in [3.05, 3.63) is 34.1 Å². The molecule has 6 nitrogen and oxygen atoms in total. The molecular weight excluding hydrogens is 287 g/mol. The highest BCUT2D eigenvalue weighted by molar-refractivity contribution is 6.37. The summed E-state index contributed by atoms with van der Waals surface area (Å²) in [5, 5.41) is 8.23. The molecule has 0 unspecified atom stereocenters. The number of nitrogen functional groups attached to an aromatic ring is 1. The van der Waals surface area contributed by atoms with E-state index in [2.05, 4.69) is 20.8 Å². The first-order valence-corrected chi connectivity index (χ1v) is 6.41. The van der Waals surface area contributed by atoms with Gasteiger partial charge >= 0.3 is 0 Å². The first-order chi connectivity index (χ1) is 9.10. The van der Waals surface area contributed by atoms with Crippen LogP contribution in [-0.2, 0) is 13.5 Å². The summed E-state index contributed by atoms with van der Waals surface area (Å²) in [7, 11) is 1.88. The fourth-order valence-electron chi connectivity index (χ4n) is 1.60. The van der Waals surface area contributed by atoms with Crippen LogP contribution in [0.25, 0.3) is 0 Å². The Morgan fingerprint density at radius 3 is 2.68 bits per heavy atom. The minimum Gasteiger partial charge on any atom is -0.368 e. The van der Waals surface area contributed by atoms with Crippen molar-refractivity contribution in [1.29, 1.82) is 0 Å². The third-order valence-corrected chi connectivity index (χ3v) is 3.08. The smallest absolute Gasteiger partial charge is 0.161 e. The highest BCUT2D eigenvalue weighted by Gasteiger charge is 2.08. The van der Waals surface area contributed by atoms with Gasteiger partial charge in [0.15, 0.2) is 5.82 Å². The molecule has 0 spiro atoms. The molecule has 0 aliphatic rings. The van der Waals surface area contributed by atoms with Gasteiger partial charge in [-0.25, -0.2) is 10.8 Å². The van der Waals surface area contributed by atoms with Gasteiger partial charge in [0.1, 0.15) is 5.82 Å². The molecular formula is C11H14Cl2N6. The quantitative estimate of drug-likeness (QED) is 0.582. The van der Waals surface area contributed by atoms with E-state index in [1.165, 1.54) is 0 Å². The van der Waals surface area contributed by atoms with Gasteiger partial charge in [0, 0.05) is 26.2 Å². The average Bonchev–Trinajstić information content (AvgIpc) is 2.78. The maximum Gasteiger partial charge on any atom is 0.161 e. The standard InChI is InChI=1S/C11H14Cl2N6/c1-19-5-3-7(18-19)2-4-15-10-8(12)6-9(13)11(16-10)17-14/h3,5-6H,2,4,14H2,1H3,(H2,15,16,17). The molecule has 2 rings (SSSR count). The third-order valence-electron chi connectivity index (χ3n) is 2.51. The van der Waals surface area contributed by atoms with Crippen LogP contribution in [-0.4, -0.2) is 21.3 Å². The van der Waals surface area contributed by atoms with Crippen molar-refractivity contribution in [1.82, 2.24) is 14.8 Å². The second-order valence-electron chi connectivity index (χ2n) is 3.95. The molecule has 4 N–H and O–H groups in total. The number of aryl methyl sites for hydroxylation is 1. The number of hydrogen-bond acceptors (Lipinski definition) is 5. The van der Waals surface area contributed by atoms with Gasteiger partial charge in [-0.15, -0.1) is 0 Å². The van der Waals surface area contributed by atoms with E-state index >= 15 is 0 Å². The summed E-state index contributed by atoms with van der Waals surface area (Å²) in [5.41, 5.74) is 3.41. The Labute approximate surface area is 120 Å². The second-order valence-corrected chi connectivity index (χ2v) is 4.77. The summed E-state index contributed by atoms with van der Waals surface area (Å²) in [6, 6.07) is 3.56. The van der Waals surface area contributed by atoms with E-state index < -0.39 is 0 Å². The molecule has 0 aromatic carbocycles. The van der Waals surface area contributed by atoms with E-state index in [4.69, 9.17) is 29.0 Å². The molecule has 2 heterocycles. The zero-order chi connectivity index (χ0) is 13.8. The minimum absolute atomic E-state index is 0.378. The largest absolute Gasteiger partial charge is 0.368 e. The number of aromatic nitrogens is 3. The Morgan fingerprint density at radius 2 is 2.05 bits per heavy atom. The van der Waals surface area contributed by atoms with Crippen LogP contribution >= 0.6 is 23.2 Å². The lowest BCUT2D eigenvalue weighted by Gasteiger charge is -2.10. The van der Waals surface area contributed by atoms with Gasteiger partial charge in [-0.05, 0) is 12.1 Å². The van der Waals surface area contributed by atoms with E-state index in [1.54, 1.807) is 10.7 Å². The Morgan fingerprint density at radius 1 is 1.32 bits per heavy atom. The van der Waals surface area contributed by atoms with Crippen LogP contribution in [0.15, 0.2) is 18.3 Å². The molecule has 0 fully saturated rings. The van der Waals surface area contributed by atoms with Crippen molar-refractivity contribution in [3.63, 3.8) is 0 Å². The van der Waals surface area contributed by atoms with Crippen molar-refractivity contribution in [2.24, 2.45) is 12.9 Å². The monoisotopic (exact) mass is 300 g/mol. The Bertz CT molecular complexity index is 568. The fraction of sp³-hybridized carbons (Fsp3) is 0.273. The molecule has 0 saturated heterocycles. The molecule has 0 aliphatic heterocycles. The van der Waals surface area contributed by atoms with Crippen LogP contribution in [0.5, 0.6) is 0 Å². The number of nitrogens with two attached hydrogens (primary N) is 1. The van der Waals surface area contributed by atoms with E-state index in [0.29, 0.717) is 28.2 Å². The lowest BCUT2D eigenvalue weighted by Crippen LogP contribution is -2.12. The normalized spacial score (nSPS) is 10.5. The van der Waals surface area contributed by atoms with Crippen LogP contribution in [0.3, 0.4) is 0 Å². The SMILES string of the molecule is Cn1ccc(CCNc2nc(NN)c(Cl)cc2Cl)n1. The average molecular weight is 301 g/mol. The maximum absolute atomic E-state index is 6.05. The molecule has 0 saturated carbocycles. The Hall–Kier alpha value is -1.50. The fourth-order valence-corrected chi connectivity index (χ4v) is 2.08. The lowest BCUT2D eigenvalue weighted by molar-refractivity contribution is 0.742. The predicted octanol–water partition coefficient (Wildman–Crippen LogP) is 2.06. The molecule has 2 aromatic rings. The van der Waals surface area contributed by atoms with Crippen molar-refractivity contribution in [2.75, 3.05) is 17.3 Å². The summed E-state index contributed by atoms with van der Waals surface area (Å²) in [5.74, 6) is 6.23. The zero-order valence-electron chi connectivity index (χ0n) is 10.3. The molecule has 19 heavy (non-hydrogen) atoms. The Balaban J connectivity index is 1.99. The van der Waals surface area contributed by atoms with Gasteiger partial charge in [-0.1, -0.05) is 23.2 Å².